The molecule has 0 saturated heterocycles. The van der Waals surface area contributed by atoms with Gasteiger partial charge < -0.3 is 20.4 Å². The number of hydrogen-bond donors (Lipinski definition) is 2. The van der Waals surface area contributed by atoms with E-state index in [1.807, 2.05) is 93.4 Å². The van der Waals surface area contributed by atoms with Crippen molar-refractivity contribution in [3.63, 3.8) is 0 Å². The van der Waals surface area contributed by atoms with E-state index in [0.717, 1.165) is 22.4 Å². The maximum Gasteiger partial charge on any atom is 0.309 e. The average Bonchev–Trinajstić information content (AvgIpc) is 2.67. The first-order valence-corrected chi connectivity index (χ1v) is 9.33. The Labute approximate surface area is 167 Å². The van der Waals surface area contributed by atoms with Crippen molar-refractivity contribution in [2.75, 3.05) is 39.6 Å². The molecule has 0 aromatic heterocycles. The normalized spacial score (nSPS) is 11.8. The molecule has 0 heterocycles. The Morgan fingerprint density at radius 2 is 1.43 bits per heavy atom. The van der Waals surface area contributed by atoms with Crippen molar-refractivity contribution in [2.45, 2.75) is 19.5 Å². The lowest BCUT2D eigenvalue weighted by molar-refractivity contribution is -0.139. The maximum absolute atomic E-state index is 12.2. The Balaban J connectivity index is 1.90. The number of carbonyl (C=O) groups is 2. The summed E-state index contributed by atoms with van der Waals surface area (Å²) < 4.78 is 0. The fourth-order valence-electron chi connectivity index (χ4n) is 2.83. The lowest BCUT2D eigenvalue weighted by atomic mass is 10.1. The van der Waals surface area contributed by atoms with Crippen molar-refractivity contribution >= 4 is 17.5 Å². The zero-order valence-electron chi connectivity index (χ0n) is 17.3. The standard InChI is InChI=1S/C22H30N4O2/c1-16-6-8-17(9-7-16)14-23-21(27)22(28)24-15-20(26(4)5)18-10-12-19(13-11-18)25(2)3/h6-13,20H,14-15H2,1-5H3,(H,23,27)(H,24,28)/t20-/m1/s1. The Hall–Kier alpha value is -2.86. The number of aryl methyl sites for hydroxylation is 1. The molecule has 0 aliphatic heterocycles. The molecule has 0 unspecified atom stereocenters. The van der Waals surface area contributed by atoms with Crippen LogP contribution in [0.4, 0.5) is 5.69 Å². The van der Waals surface area contributed by atoms with Gasteiger partial charge >= 0.3 is 11.8 Å². The number of likely N-dealkylation sites (N-methyl/N-ethyl adjacent to an activating group) is 1. The summed E-state index contributed by atoms with van der Waals surface area (Å²) in [4.78, 5) is 28.3. The molecule has 2 aromatic rings. The molecule has 0 bridgehead atoms. The third-order valence-electron chi connectivity index (χ3n) is 4.65. The van der Waals surface area contributed by atoms with E-state index in [1.165, 1.54) is 0 Å². The highest BCUT2D eigenvalue weighted by Crippen LogP contribution is 2.20. The molecular formula is C22H30N4O2. The van der Waals surface area contributed by atoms with Gasteiger partial charge in [-0.2, -0.15) is 0 Å². The molecule has 0 saturated carbocycles. The van der Waals surface area contributed by atoms with Crippen LogP contribution in [-0.2, 0) is 16.1 Å². The molecule has 2 aromatic carbocycles. The molecule has 0 aliphatic rings. The van der Waals surface area contributed by atoms with Crippen LogP contribution in [0.15, 0.2) is 48.5 Å². The van der Waals surface area contributed by atoms with E-state index in [1.54, 1.807) is 0 Å². The van der Waals surface area contributed by atoms with Gasteiger partial charge in [0, 0.05) is 32.9 Å². The summed E-state index contributed by atoms with van der Waals surface area (Å²) in [5, 5.41) is 5.40. The fraction of sp³-hybridized carbons (Fsp3) is 0.364. The largest absolute Gasteiger partial charge is 0.378 e. The first kappa shape index (κ1) is 21.4. The number of benzene rings is 2. The molecule has 0 radical (unpaired) electrons. The second-order valence-corrected chi connectivity index (χ2v) is 7.34. The molecule has 28 heavy (non-hydrogen) atoms. The van der Waals surface area contributed by atoms with Gasteiger partial charge in [-0.1, -0.05) is 42.0 Å². The van der Waals surface area contributed by atoms with Crippen LogP contribution >= 0.6 is 0 Å². The predicted octanol–water partition coefficient (Wildman–Crippen LogP) is 2.10. The summed E-state index contributed by atoms with van der Waals surface area (Å²) in [7, 11) is 7.89. The topological polar surface area (TPSA) is 64.7 Å². The van der Waals surface area contributed by atoms with Crippen molar-refractivity contribution in [3.05, 3.63) is 65.2 Å². The lowest BCUT2D eigenvalue weighted by Gasteiger charge is -2.25. The number of rotatable bonds is 7. The van der Waals surface area contributed by atoms with Crippen molar-refractivity contribution in [1.82, 2.24) is 15.5 Å². The number of amides is 2. The van der Waals surface area contributed by atoms with Crippen LogP contribution in [0.1, 0.15) is 22.7 Å². The van der Waals surface area contributed by atoms with Crippen LogP contribution in [0.5, 0.6) is 0 Å². The zero-order chi connectivity index (χ0) is 20.7. The Morgan fingerprint density at radius 3 is 1.96 bits per heavy atom. The quantitative estimate of drug-likeness (QED) is 0.720. The molecule has 0 fully saturated rings. The summed E-state index contributed by atoms with van der Waals surface area (Å²) in [6.45, 7) is 2.69. The fourth-order valence-corrected chi connectivity index (χ4v) is 2.83. The van der Waals surface area contributed by atoms with Gasteiger partial charge in [-0.15, -0.1) is 0 Å². The van der Waals surface area contributed by atoms with Gasteiger partial charge in [0.15, 0.2) is 0 Å². The first-order chi connectivity index (χ1) is 13.3. The minimum Gasteiger partial charge on any atom is -0.378 e. The summed E-state index contributed by atoms with van der Waals surface area (Å²) in [5.41, 5.74) is 4.30. The van der Waals surface area contributed by atoms with Gasteiger partial charge in [0.1, 0.15) is 0 Å². The number of hydrogen-bond acceptors (Lipinski definition) is 4. The van der Waals surface area contributed by atoms with Crippen molar-refractivity contribution in [3.8, 4) is 0 Å². The van der Waals surface area contributed by atoms with E-state index in [4.69, 9.17) is 0 Å². The van der Waals surface area contributed by atoms with Gasteiger partial charge in [0.05, 0.1) is 6.04 Å². The maximum atomic E-state index is 12.2. The summed E-state index contributed by atoms with van der Waals surface area (Å²) >= 11 is 0. The average molecular weight is 383 g/mol. The van der Waals surface area contributed by atoms with Gasteiger partial charge in [0.2, 0.25) is 0 Å². The van der Waals surface area contributed by atoms with E-state index in [2.05, 4.69) is 10.6 Å². The Kier molecular flexibility index (Phi) is 7.58. The molecule has 2 rings (SSSR count). The minimum atomic E-state index is -0.624. The predicted molar refractivity (Wildman–Crippen MR) is 113 cm³/mol. The summed E-state index contributed by atoms with van der Waals surface area (Å²) in [6, 6.07) is 16.0. The van der Waals surface area contributed by atoms with Crippen LogP contribution in [-0.4, -0.2) is 51.4 Å². The number of nitrogens with zero attached hydrogens (tertiary/aromatic N) is 2. The van der Waals surface area contributed by atoms with Crippen molar-refractivity contribution in [2.24, 2.45) is 0 Å². The van der Waals surface area contributed by atoms with E-state index in [-0.39, 0.29) is 6.04 Å². The second kappa shape index (κ2) is 9.90. The Bertz CT molecular complexity index is 783. The van der Waals surface area contributed by atoms with E-state index < -0.39 is 11.8 Å². The van der Waals surface area contributed by atoms with E-state index in [0.29, 0.717) is 13.1 Å². The molecule has 2 N–H and O–H groups in total. The van der Waals surface area contributed by atoms with Crippen molar-refractivity contribution < 1.29 is 9.59 Å². The molecule has 6 heteroatoms. The molecule has 6 nitrogen and oxygen atoms in total. The smallest absolute Gasteiger partial charge is 0.309 e. The van der Waals surface area contributed by atoms with Gasteiger partial charge in [-0.05, 0) is 44.3 Å². The van der Waals surface area contributed by atoms with E-state index >= 15 is 0 Å². The first-order valence-electron chi connectivity index (χ1n) is 9.33. The van der Waals surface area contributed by atoms with Crippen LogP contribution in [0, 0.1) is 6.92 Å². The molecule has 1 atom stereocenters. The molecule has 0 aliphatic carbocycles. The molecule has 150 valence electrons. The second-order valence-electron chi connectivity index (χ2n) is 7.34. The van der Waals surface area contributed by atoms with Gasteiger partial charge in [-0.25, -0.2) is 0 Å². The highest BCUT2D eigenvalue weighted by Gasteiger charge is 2.18. The molecular weight excluding hydrogens is 352 g/mol. The number of anilines is 1. The zero-order valence-corrected chi connectivity index (χ0v) is 17.3. The van der Waals surface area contributed by atoms with Crippen LogP contribution < -0.4 is 15.5 Å². The lowest BCUT2D eigenvalue weighted by Crippen LogP contribution is -2.42. The van der Waals surface area contributed by atoms with Gasteiger partial charge in [-0.3, -0.25) is 9.59 Å². The van der Waals surface area contributed by atoms with Crippen LogP contribution in [0.2, 0.25) is 0 Å². The molecule has 0 spiro atoms. The Morgan fingerprint density at radius 1 is 0.857 bits per heavy atom. The highest BCUT2D eigenvalue weighted by atomic mass is 16.2. The van der Waals surface area contributed by atoms with Crippen LogP contribution in [0.3, 0.4) is 0 Å². The summed E-state index contributed by atoms with van der Waals surface area (Å²) in [5.74, 6) is -1.25. The summed E-state index contributed by atoms with van der Waals surface area (Å²) in [6.07, 6.45) is 0. The third kappa shape index (κ3) is 6.09. The number of nitrogens with one attached hydrogen (secondary N) is 2. The van der Waals surface area contributed by atoms with Crippen LogP contribution in [0.25, 0.3) is 0 Å². The number of carbonyl (C=O) groups excluding carboxylic acids is 2. The highest BCUT2D eigenvalue weighted by molar-refractivity contribution is 6.35. The monoisotopic (exact) mass is 382 g/mol. The SMILES string of the molecule is Cc1ccc(CNC(=O)C(=O)NC[C@H](c2ccc(N(C)C)cc2)N(C)C)cc1. The van der Waals surface area contributed by atoms with Gasteiger partial charge in [0.25, 0.3) is 0 Å². The minimum absolute atomic E-state index is 0.0231. The van der Waals surface area contributed by atoms with E-state index in [9.17, 15) is 9.59 Å². The van der Waals surface area contributed by atoms with Crippen molar-refractivity contribution in [1.29, 1.82) is 0 Å². The molecule has 2 amide bonds. The third-order valence-corrected chi connectivity index (χ3v) is 4.65.